The molecule has 0 saturated carbocycles. The molecule has 1 amide bonds. The number of fused-ring (bicyclic) bond motifs is 1. The van der Waals surface area contributed by atoms with Crippen LogP contribution < -0.4 is 10.1 Å². The van der Waals surface area contributed by atoms with E-state index in [0.29, 0.717) is 19.8 Å². The maximum atomic E-state index is 11.6. The zero-order chi connectivity index (χ0) is 13.7. The number of rotatable bonds is 6. The Hall–Kier alpha value is -1.07. The molecule has 0 aliphatic carbocycles. The normalized spacial score (nSPS) is 12.9. The Morgan fingerprint density at radius 1 is 1.53 bits per heavy atom. The highest BCUT2D eigenvalue weighted by Crippen LogP contribution is 2.32. The first kappa shape index (κ1) is 14.3. The smallest absolute Gasteiger partial charge is 0.246 e. The van der Waals surface area contributed by atoms with Gasteiger partial charge in [0.1, 0.15) is 12.4 Å². The molecule has 0 saturated heterocycles. The van der Waals surface area contributed by atoms with E-state index in [-0.39, 0.29) is 12.5 Å². The Labute approximate surface area is 121 Å². The van der Waals surface area contributed by atoms with Gasteiger partial charge in [-0.3, -0.25) is 4.79 Å². The number of nitrogens with one attached hydrogen (secondary N) is 1. The molecular weight excluding hydrogens is 310 g/mol. The molecular formula is C14H18BrNO3. The van der Waals surface area contributed by atoms with Crippen molar-refractivity contribution in [2.75, 3.05) is 19.8 Å². The Balaban J connectivity index is 1.91. The van der Waals surface area contributed by atoms with Crippen LogP contribution in [0.5, 0.6) is 5.75 Å². The van der Waals surface area contributed by atoms with Crippen LogP contribution >= 0.6 is 15.9 Å². The van der Waals surface area contributed by atoms with Gasteiger partial charge in [-0.05, 0) is 24.1 Å². The molecule has 0 unspecified atom stereocenters. The summed E-state index contributed by atoms with van der Waals surface area (Å²) < 4.78 is 11.8. The Kier molecular flexibility index (Phi) is 5.22. The van der Waals surface area contributed by atoms with Crippen molar-refractivity contribution < 1.29 is 14.3 Å². The molecule has 2 rings (SSSR count). The van der Waals surface area contributed by atoms with E-state index in [4.69, 9.17) is 9.47 Å². The molecule has 4 nitrogen and oxygen atoms in total. The minimum Gasteiger partial charge on any atom is -0.493 e. The Morgan fingerprint density at radius 3 is 3.16 bits per heavy atom. The minimum atomic E-state index is -0.0971. The number of amides is 1. The van der Waals surface area contributed by atoms with E-state index in [1.807, 2.05) is 13.0 Å². The van der Waals surface area contributed by atoms with Crippen LogP contribution in [-0.2, 0) is 22.5 Å². The van der Waals surface area contributed by atoms with E-state index in [0.717, 1.165) is 28.6 Å². The molecule has 1 heterocycles. The first-order chi connectivity index (χ1) is 9.20. The van der Waals surface area contributed by atoms with Gasteiger partial charge in [0.25, 0.3) is 0 Å². The molecule has 0 bridgehead atoms. The second-order valence-corrected chi connectivity index (χ2v) is 5.40. The van der Waals surface area contributed by atoms with Crippen LogP contribution in [0.3, 0.4) is 0 Å². The second-order valence-electron chi connectivity index (χ2n) is 4.48. The van der Waals surface area contributed by atoms with Crippen molar-refractivity contribution in [3.05, 3.63) is 27.7 Å². The SMILES string of the molecule is CCCOCC(=O)NCc1cc(Br)cc2c1OCC2. The van der Waals surface area contributed by atoms with Crippen LogP contribution in [0.25, 0.3) is 0 Å². The van der Waals surface area contributed by atoms with Crippen molar-refractivity contribution in [1.82, 2.24) is 5.32 Å². The average molecular weight is 328 g/mol. The number of hydrogen-bond donors (Lipinski definition) is 1. The van der Waals surface area contributed by atoms with Crippen LogP contribution in [0.1, 0.15) is 24.5 Å². The molecule has 1 aliphatic heterocycles. The highest BCUT2D eigenvalue weighted by atomic mass is 79.9. The van der Waals surface area contributed by atoms with Gasteiger partial charge in [0.05, 0.1) is 6.61 Å². The molecule has 1 N–H and O–H groups in total. The molecule has 0 spiro atoms. The molecule has 0 radical (unpaired) electrons. The summed E-state index contributed by atoms with van der Waals surface area (Å²) in [6.45, 7) is 3.93. The number of ether oxygens (including phenoxy) is 2. The van der Waals surface area contributed by atoms with E-state index in [9.17, 15) is 4.79 Å². The Bertz CT molecular complexity index is 462. The molecule has 1 aromatic carbocycles. The van der Waals surface area contributed by atoms with Gasteiger partial charge in [-0.1, -0.05) is 22.9 Å². The standard InChI is InChI=1S/C14H18BrNO3/c1-2-4-18-9-13(17)16-8-11-7-12(15)6-10-3-5-19-14(10)11/h6-7H,2-5,8-9H2,1H3,(H,16,17). The number of benzene rings is 1. The summed E-state index contributed by atoms with van der Waals surface area (Å²) in [5, 5.41) is 2.85. The summed E-state index contributed by atoms with van der Waals surface area (Å²) in [6, 6.07) is 4.05. The molecule has 1 aromatic rings. The van der Waals surface area contributed by atoms with Gasteiger partial charge in [-0.2, -0.15) is 0 Å². The molecule has 1 aliphatic rings. The highest BCUT2D eigenvalue weighted by Gasteiger charge is 2.17. The lowest BCUT2D eigenvalue weighted by Crippen LogP contribution is -2.27. The van der Waals surface area contributed by atoms with Crippen molar-refractivity contribution >= 4 is 21.8 Å². The van der Waals surface area contributed by atoms with Gasteiger partial charge < -0.3 is 14.8 Å². The summed E-state index contributed by atoms with van der Waals surface area (Å²) in [6.07, 6.45) is 1.84. The fourth-order valence-electron chi connectivity index (χ4n) is 2.03. The fraction of sp³-hybridized carbons (Fsp3) is 0.500. The van der Waals surface area contributed by atoms with Crippen LogP contribution in [0.2, 0.25) is 0 Å². The zero-order valence-electron chi connectivity index (χ0n) is 11.0. The van der Waals surface area contributed by atoms with Crippen LogP contribution in [0.4, 0.5) is 0 Å². The van der Waals surface area contributed by atoms with E-state index in [1.54, 1.807) is 0 Å². The largest absolute Gasteiger partial charge is 0.493 e. The highest BCUT2D eigenvalue weighted by molar-refractivity contribution is 9.10. The topological polar surface area (TPSA) is 47.6 Å². The molecule has 0 fully saturated rings. The first-order valence-corrected chi connectivity index (χ1v) is 7.28. The number of carbonyl (C=O) groups is 1. The molecule has 0 aromatic heterocycles. The zero-order valence-corrected chi connectivity index (χ0v) is 12.6. The number of hydrogen-bond acceptors (Lipinski definition) is 3. The molecule has 19 heavy (non-hydrogen) atoms. The van der Waals surface area contributed by atoms with Gasteiger partial charge in [0, 0.05) is 29.6 Å². The third-order valence-electron chi connectivity index (χ3n) is 2.88. The summed E-state index contributed by atoms with van der Waals surface area (Å²) in [5.74, 6) is 0.818. The van der Waals surface area contributed by atoms with Crippen molar-refractivity contribution in [2.24, 2.45) is 0 Å². The van der Waals surface area contributed by atoms with Crippen LogP contribution in [0, 0.1) is 0 Å². The van der Waals surface area contributed by atoms with E-state index in [2.05, 4.69) is 27.3 Å². The molecule has 0 atom stereocenters. The number of carbonyl (C=O) groups excluding carboxylic acids is 1. The third kappa shape index (κ3) is 3.94. The van der Waals surface area contributed by atoms with Crippen molar-refractivity contribution in [1.29, 1.82) is 0 Å². The lowest BCUT2D eigenvalue weighted by Gasteiger charge is -2.10. The average Bonchev–Trinajstić information content (AvgIpc) is 2.84. The number of halogens is 1. The van der Waals surface area contributed by atoms with Gasteiger partial charge in [0.15, 0.2) is 0 Å². The van der Waals surface area contributed by atoms with Gasteiger partial charge >= 0.3 is 0 Å². The first-order valence-electron chi connectivity index (χ1n) is 6.49. The molecule has 104 valence electrons. The van der Waals surface area contributed by atoms with Crippen LogP contribution in [-0.4, -0.2) is 25.7 Å². The minimum absolute atomic E-state index is 0.0971. The summed E-state index contributed by atoms with van der Waals surface area (Å²) in [4.78, 5) is 11.6. The van der Waals surface area contributed by atoms with E-state index in [1.165, 1.54) is 5.56 Å². The Morgan fingerprint density at radius 2 is 2.37 bits per heavy atom. The monoisotopic (exact) mass is 327 g/mol. The summed E-state index contributed by atoms with van der Waals surface area (Å²) in [5.41, 5.74) is 2.20. The van der Waals surface area contributed by atoms with Gasteiger partial charge in [-0.25, -0.2) is 0 Å². The maximum absolute atomic E-state index is 11.6. The van der Waals surface area contributed by atoms with Crippen molar-refractivity contribution in [3.63, 3.8) is 0 Å². The fourth-order valence-corrected chi connectivity index (χ4v) is 2.58. The lowest BCUT2D eigenvalue weighted by molar-refractivity contribution is -0.125. The maximum Gasteiger partial charge on any atom is 0.246 e. The molecule has 5 heteroatoms. The van der Waals surface area contributed by atoms with Crippen molar-refractivity contribution in [2.45, 2.75) is 26.3 Å². The summed E-state index contributed by atoms with van der Waals surface area (Å²) >= 11 is 3.48. The predicted molar refractivity (Wildman–Crippen MR) is 76.3 cm³/mol. The lowest BCUT2D eigenvalue weighted by atomic mass is 10.1. The van der Waals surface area contributed by atoms with Gasteiger partial charge in [-0.15, -0.1) is 0 Å². The van der Waals surface area contributed by atoms with Gasteiger partial charge in [0.2, 0.25) is 5.91 Å². The summed E-state index contributed by atoms with van der Waals surface area (Å²) in [7, 11) is 0. The second kappa shape index (κ2) is 6.91. The van der Waals surface area contributed by atoms with E-state index >= 15 is 0 Å². The van der Waals surface area contributed by atoms with E-state index < -0.39 is 0 Å². The quantitative estimate of drug-likeness (QED) is 0.816. The predicted octanol–water partition coefficient (Wildman–Crippen LogP) is 2.43. The van der Waals surface area contributed by atoms with Crippen LogP contribution in [0.15, 0.2) is 16.6 Å². The third-order valence-corrected chi connectivity index (χ3v) is 3.34. The van der Waals surface area contributed by atoms with Crippen molar-refractivity contribution in [3.8, 4) is 5.75 Å².